The van der Waals surface area contributed by atoms with Crippen molar-refractivity contribution >= 4 is 27.6 Å². The van der Waals surface area contributed by atoms with Gasteiger partial charge in [0, 0.05) is 26.2 Å². The minimum Gasteiger partial charge on any atom is -0.489 e. The van der Waals surface area contributed by atoms with Gasteiger partial charge in [0.2, 0.25) is 15.9 Å². The number of sulfonamides is 1. The quantitative estimate of drug-likeness (QED) is 0.659. The number of hydrogen-bond donors (Lipinski definition) is 1. The SMILES string of the molecule is COC(=O)c1ccc(OC(C)C)c(NCC(=O)N2CCN(S(C)(=O)=O)CC2)c1. The molecule has 0 atom stereocenters. The third-order valence-electron chi connectivity index (χ3n) is 4.25. The minimum atomic E-state index is -3.24. The van der Waals surface area contributed by atoms with Gasteiger partial charge >= 0.3 is 5.97 Å². The monoisotopic (exact) mass is 413 g/mol. The fourth-order valence-corrected chi connectivity index (χ4v) is 3.65. The number of ether oxygens (including phenoxy) is 2. The summed E-state index contributed by atoms with van der Waals surface area (Å²) in [6, 6.07) is 4.84. The van der Waals surface area contributed by atoms with Gasteiger partial charge in [0.05, 0.1) is 37.3 Å². The maximum Gasteiger partial charge on any atom is 0.337 e. The van der Waals surface area contributed by atoms with Crippen molar-refractivity contribution in [2.24, 2.45) is 0 Å². The predicted octanol–water partition coefficient (Wildman–Crippen LogP) is 0.776. The molecule has 28 heavy (non-hydrogen) atoms. The van der Waals surface area contributed by atoms with E-state index in [-0.39, 0.29) is 31.6 Å². The van der Waals surface area contributed by atoms with Crippen molar-refractivity contribution in [2.45, 2.75) is 20.0 Å². The Morgan fingerprint density at radius 1 is 1.18 bits per heavy atom. The number of benzene rings is 1. The van der Waals surface area contributed by atoms with Gasteiger partial charge in [-0.15, -0.1) is 0 Å². The van der Waals surface area contributed by atoms with Crippen LogP contribution in [-0.4, -0.2) is 81.7 Å². The highest BCUT2D eigenvalue weighted by molar-refractivity contribution is 7.88. The van der Waals surface area contributed by atoms with E-state index in [1.54, 1.807) is 23.1 Å². The average molecular weight is 413 g/mol. The van der Waals surface area contributed by atoms with E-state index in [9.17, 15) is 18.0 Å². The maximum absolute atomic E-state index is 12.5. The lowest BCUT2D eigenvalue weighted by atomic mass is 10.2. The molecule has 1 aliphatic heterocycles. The first kappa shape index (κ1) is 22.0. The molecule has 9 nitrogen and oxygen atoms in total. The third-order valence-corrected chi connectivity index (χ3v) is 5.56. The highest BCUT2D eigenvalue weighted by Gasteiger charge is 2.26. The van der Waals surface area contributed by atoms with Gasteiger partial charge in [-0.2, -0.15) is 4.31 Å². The van der Waals surface area contributed by atoms with E-state index < -0.39 is 16.0 Å². The van der Waals surface area contributed by atoms with Crippen molar-refractivity contribution < 1.29 is 27.5 Å². The molecule has 1 aromatic carbocycles. The van der Waals surface area contributed by atoms with Crippen LogP contribution in [-0.2, 0) is 19.6 Å². The number of anilines is 1. The lowest BCUT2D eigenvalue weighted by Crippen LogP contribution is -2.51. The summed E-state index contributed by atoms with van der Waals surface area (Å²) in [6.07, 6.45) is 1.08. The Morgan fingerprint density at radius 3 is 2.36 bits per heavy atom. The number of methoxy groups -OCH3 is 1. The highest BCUT2D eigenvalue weighted by atomic mass is 32.2. The molecule has 0 unspecified atom stereocenters. The van der Waals surface area contributed by atoms with Crippen LogP contribution >= 0.6 is 0 Å². The van der Waals surface area contributed by atoms with Gasteiger partial charge in [-0.3, -0.25) is 4.79 Å². The third kappa shape index (κ3) is 5.83. The van der Waals surface area contributed by atoms with Crippen molar-refractivity contribution in [3.05, 3.63) is 23.8 Å². The second kappa shape index (κ2) is 9.24. The Balaban J connectivity index is 2.04. The van der Waals surface area contributed by atoms with Crippen LogP contribution in [0.1, 0.15) is 24.2 Å². The summed E-state index contributed by atoms with van der Waals surface area (Å²) in [5.41, 5.74) is 0.857. The topological polar surface area (TPSA) is 105 Å². The summed E-state index contributed by atoms with van der Waals surface area (Å²) in [7, 11) is -1.94. The Hall–Kier alpha value is -2.33. The fourth-order valence-electron chi connectivity index (χ4n) is 2.82. The van der Waals surface area contributed by atoms with Crippen LogP contribution < -0.4 is 10.1 Å². The van der Waals surface area contributed by atoms with Crippen LogP contribution in [0.3, 0.4) is 0 Å². The first-order chi connectivity index (χ1) is 13.1. The standard InChI is InChI=1S/C18H27N3O6S/c1-13(2)27-16-6-5-14(18(23)26-3)11-15(16)19-12-17(22)20-7-9-21(10-8-20)28(4,24)25/h5-6,11,13,19H,7-10,12H2,1-4H3. The molecule has 0 radical (unpaired) electrons. The number of nitrogens with one attached hydrogen (secondary N) is 1. The Morgan fingerprint density at radius 2 is 1.82 bits per heavy atom. The Bertz CT molecular complexity index is 817. The highest BCUT2D eigenvalue weighted by Crippen LogP contribution is 2.27. The van der Waals surface area contributed by atoms with E-state index >= 15 is 0 Å². The summed E-state index contributed by atoms with van der Waals surface area (Å²) in [6.45, 7) is 5.00. The molecule has 1 aromatic rings. The lowest BCUT2D eigenvalue weighted by molar-refractivity contribution is -0.130. The van der Waals surface area contributed by atoms with Crippen molar-refractivity contribution in [3.63, 3.8) is 0 Å². The van der Waals surface area contributed by atoms with E-state index in [4.69, 9.17) is 9.47 Å². The second-order valence-electron chi connectivity index (χ2n) is 6.77. The second-order valence-corrected chi connectivity index (χ2v) is 8.75. The van der Waals surface area contributed by atoms with E-state index in [0.29, 0.717) is 30.1 Å². The van der Waals surface area contributed by atoms with Gasteiger partial charge in [-0.05, 0) is 32.0 Å². The molecule has 0 aromatic heterocycles. The van der Waals surface area contributed by atoms with Crippen molar-refractivity contribution in [1.82, 2.24) is 9.21 Å². The summed E-state index contributed by atoms with van der Waals surface area (Å²) >= 11 is 0. The molecule has 1 amide bonds. The predicted molar refractivity (Wildman–Crippen MR) is 105 cm³/mol. The van der Waals surface area contributed by atoms with Gasteiger partial charge < -0.3 is 19.7 Å². The first-order valence-electron chi connectivity index (χ1n) is 8.97. The summed E-state index contributed by atoms with van der Waals surface area (Å²) in [5.74, 6) is -0.119. The van der Waals surface area contributed by atoms with E-state index in [1.165, 1.54) is 11.4 Å². The number of nitrogens with zero attached hydrogens (tertiary/aromatic N) is 2. The van der Waals surface area contributed by atoms with Crippen LogP contribution in [0.2, 0.25) is 0 Å². The molecule has 10 heteroatoms. The zero-order valence-electron chi connectivity index (χ0n) is 16.6. The first-order valence-corrected chi connectivity index (χ1v) is 10.8. The molecule has 1 heterocycles. The van der Waals surface area contributed by atoms with Crippen molar-refractivity contribution in [2.75, 3.05) is 51.4 Å². The molecule has 0 spiro atoms. The van der Waals surface area contributed by atoms with Gasteiger partial charge in [-0.1, -0.05) is 0 Å². The molecule has 1 aliphatic rings. The number of carbonyl (C=O) groups is 2. The average Bonchev–Trinajstić information content (AvgIpc) is 2.65. The van der Waals surface area contributed by atoms with E-state index in [1.807, 2.05) is 13.8 Å². The number of hydrogen-bond acceptors (Lipinski definition) is 7. The largest absolute Gasteiger partial charge is 0.489 e. The van der Waals surface area contributed by atoms with E-state index in [0.717, 1.165) is 6.26 Å². The Kier molecular flexibility index (Phi) is 7.25. The van der Waals surface area contributed by atoms with Crippen molar-refractivity contribution in [3.8, 4) is 5.75 Å². The van der Waals surface area contributed by atoms with Gasteiger partial charge in [0.15, 0.2) is 0 Å². The molecular weight excluding hydrogens is 386 g/mol. The smallest absolute Gasteiger partial charge is 0.337 e. The molecule has 1 saturated heterocycles. The number of carbonyl (C=O) groups excluding carboxylic acids is 2. The van der Waals surface area contributed by atoms with E-state index in [2.05, 4.69) is 5.32 Å². The summed E-state index contributed by atoms with van der Waals surface area (Å²) in [5, 5.41) is 3.02. The molecule has 0 saturated carbocycles. The molecule has 1 N–H and O–H groups in total. The summed E-state index contributed by atoms with van der Waals surface area (Å²) in [4.78, 5) is 25.9. The van der Waals surface area contributed by atoms with Crippen LogP contribution in [0.5, 0.6) is 5.75 Å². The molecule has 0 aliphatic carbocycles. The van der Waals surface area contributed by atoms with Crippen LogP contribution in [0.15, 0.2) is 18.2 Å². The molecule has 2 rings (SSSR count). The number of amides is 1. The van der Waals surface area contributed by atoms with Crippen molar-refractivity contribution in [1.29, 1.82) is 0 Å². The van der Waals surface area contributed by atoms with Crippen LogP contribution in [0, 0.1) is 0 Å². The normalized spacial score (nSPS) is 15.4. The molecule has 156 valence electrons. The van der Waals surface area contributed by atoms with Gasteiger partial charge in [0.1, 0.15) is 5.75 Å². The minimum absolute atomic E-state index is 0.00203. The zero-order chi connectivity index (χ0) is 20.9. The lowest BCUT2D eigenvalue weighted by Gasteiger charge is -2.33. The number of rotatable bonds is 7. The molecular formula is C18H27N3O6S. The fraction of sp³-hybridized carbons (Fsp3) is 0.556. The summed E-state index contributed by atoms with van der Waals surface area (Å²) < 4.78 is 35.0. The molecule has 1 fully saturated rings. The van der Waals surface area contributed by atoms with Gasteiger partial charge in [-0.25, -0.2) is 13.2 Å². The Labute approximate surface area is 165 Å². The molecule has 0 bridgehead atoms. The van der Waals surface area contributed by atoms with Crippen LogP contribution in [0.4, 0.5) is 5.69 Å². The van der Waals surface area contributed by atoms with Crippen LogP contribution in [0.25, 0.3) is 0 Å². The van der Waals surface area contributed by atoms with Gasteiger partial charge in [0.25, 0.3) is 0 Å². The maximum atomic E-state index is 12.5. The number of esters is 1. The number of piperazine rings is 1. The zero-order valence-corrected chi connectivity index (χ0v) is 17.4.